The molecule has 0 amide bonds. The van der Waals surface area contributed by atoms with Gasteiger partial charge in [-0.3, -0.25) is 9.88 Å². The molecule has 1 fully saturated rings. The van der Waals surface area contributed by atoms with Gasteiger partial charge in [0.15, 0.2) is 0 Å². The average molecular weight is 277 g/mol. The molecule has 0 aliphatic carbocycles. The number of rotatable bonds is 4. The monoisotopic (exact) mass is 277 g/mol. The molecule has 0 radical (unpaired) electrons. The van der Waals surface area contributed by atoms with E-state index in [1.54, 1.807) is 0 Å². The minimum absolute atomic E-state index is 0.173. The molecule has 0 spiro atoms. The summed E-state index contributed by atoms with van der Waals surface area (Å²) >= 11 is 0. The maximum absolute atomic E-state index is 4.74. The van der Waals surface area contributed by atoms with Crippen LogP contribution in [0.4, 0.5) is 5.82 Å². The fourth-order valence-electron chi connectivity index (χ4n) is 2.38. The third-order valence-corrected chi connectivity index (χ3v) is 4.00. The summed E-state index contributed by atoms with van der Waals surface area (Å²) in [5, 5.41) is 3.39. The van der Waals surface area contributed by atoms with Crippen molar-refractivity contribution in [3.8, 4) is 0 Å². The molecule has 5 nitrogen and oxygen atoms in total. The first-order chi connectivity index (χ1) is 9.38. The summed E-state index contributed by atoms with van der Waals surface area (Å²) in [6.45, 7) is 12.7. The van der Waals surface area contributed by atoms with Crippen molar-refractivity contribution in [1.29, 1.82) is 0 Å². The molecule has 0 bridgehead atoms. The van der Waals surface area contributed by atoms with Crippen molar-refractivity contribution in [2.24, 2.45) is 0 Å². The van der Waals surface area contributed by atoms with E-state index in [0.29, 0.717) is 6.04 Å². The van der Waals surface area contributed by atoms with Crippen LogP contribution in [0.2, 0.25) is 0 Å². The van der Waals surface area contributed by atoms with E-state index in [9.17, 15) is 0 Å². The van der Waals surface area contributed by atoms with E-state index in [1.807, 2.05) is 12.4 Å². The first-order valence-electron chi connectivity index (χ1n) is 7.39. The Hall–Kier alpha value is -1.20. The van der Waals surface area contributed by atoms with Gasteiger partial charge in [0, 0.05) is 44.0 Å². The number of likely N-dealkylation sites (N-methyl/N-ethyl adjacent to an activating group) is 1. The summed E-state index contributed by atoms with van der Waals surface area (Å²) in [5.41, 5.74) is 1.18. The van der Waals surface area contributed by atoms with Gasteiger partial charge in [0.2, 0.25) is 0 Å². The molecule has 1 aromatic rings. The summed E-state index contributed by atoms with van der Waals surface area (Å²) < 4.78 is 0. The predicted octanol–water partition coefficient (Wildman–Crippen LogP) is 1.50. The highest BCUT2D eigenvalue weighted by molar-refractivity contribution is 5.38. The number of hydrogen-bond donors (Lipinski definition) is 1. The van der Waals surface area contributed by atoms with Crippen LogP contribution in [0, 0.1) is 0 Å². The third kappa shape index (κ3) is 3.67. The van der Waals surface area contributed by atoms with Crippen molar-refractivity contribution in [3.05, 3.63) is 18.1 Å². The Morgan fingerprint density at radius 3 is 2.70 bits per heavy atom. The highest BCUT2D eigenvalue weighted by Gasteiger charge is 2.31. The van der Waals surface area contributed by atoms with Gasteiger partial charge in [0.05, 0.1) is 11.9 Å². The van der Waals surface area contributed by atoms with E-state index in [2.05, 4.69) is 54.8 Å². The van der Waals surface area contributed by atoms with E-state index < -0.39 is 0 Å². The normalized spacial score (nSPS) is 19.6. The molecule has 0 saturated carbocycles. The van der Waals surface area contributed by atoms with Crippen LogP contribution in [-0.4, -0.2) is 53.1 Å². The van der Waals surface area contributed by atoms with E-state index in [4.69, 9.17) is 4.98 Å². The molecule has 0 atom stereocenters. The first kappa shape index (κ1) is 15.2. The second kappa shape index (κ2) is 6.06. The van der Waals surface area contributed by atoms with Crippen molar-refractivity contribution in [2.45, 2.75) is 45.8 Å². The predicted molar refractivity (Wildman–Crippen MR) is 82.9 cm³/mol. The fourth-order valence-corrected chi connectivity index (χ4v) is 2.38. The van der Waals surface area contributed by atoms with E-state index in [1.165, 1.54) is 0 Å². The molecular formula is C15H27N5. The second-order valence-electron chi connectivity index (χ2n) is 6.56. The smallest absolute Gasteiger partial charge is 0.147 e. The molecular weight excluding hydrogens is 250 g/mol. The quantitative estimate of drug-likeness (QED) is 0.903. The van der Waals surface area contributed by atoms with Gasteiger partial charge in [0.25, 0.3) is 0 Å². The van der Waals surface area contributed by atoms with Crippen LogP contribution in [0.25, 0.3) is 0 Å². The minimum atomic E-state index is 0.173. The van der Waals surface area contributed by atoms with Gasteiger partial charge >= 0.3 is 0 Å². The van der Waals surface area contributed by atoms with Crippen LogP contribution in [-0.2, 0) is 6.54 Å². The van der Waals surface area contributed by atoms with Crippen molar-refractivity contribution in [2.75, 3.05) is 31.6 Å². The molecule has 1 saturated heterocycles. The maximum atomic E-state index is 4.74. The Kier molecular flexibility index (Phi) is 4.60. The first-order valence-corrected chi connectivity index (χ1v) is 7.39. The molecule has 1 aliphatic rings. The van der Waals surface area contributed by atoms with Crippen LogP contribution in [0.1, 0.15) is 33.4 Å². The Labute approximate surface area is 122 Å². The Morgan fingerprint density at radius 1 is 1.30 bits per heavy atom. The largest absolute Gasteiger partial charge is 0.352 e. The number of nitrogens with one attached hydrogen (secondary N) is 1. The molecule has 0 unspecified atom stereocenters. The number of hydrogen-bond acceptors (Lipinski definition) is 5. The van der Waals surface area contributed by atoms with Gasteiger partial charge in [-0.15, -0.1) is 0 Å². The van der Waals surface area contributed by atoms with Crippen molar-refractivity contribution < 1.29 is 0 Å². The molecule has 0 aromatic carbocycles. The van der Waals surface area contributed by atoms with E-state index in [-0.39, 0.29) is 5.54 Å². The lowest BCUT2D eigenvalue weighted by Gasteiger charge is -2.45. The number of anilines is 1. The van der Waals surface area contributed by atoms with Crippen LogP contribution in [0.5, 0.6) is 0 Å². The molecule has 1 aromatic heterocycles. The molecule has 20 heavy (non-hydrogen) atoms. The van der Waals surface area contributed by atoms with Gasteiger partial charge in [-0.25, -0.2) is 4.98 Å². The van der Waals surface area contributed by atoms with Gasteiger partial charge in [-0.1, -0.05) is 13.8 Å². The lowest BCUT2D eigenvalue weighted by atomic mass is 10.00. The topological polar surface area (TPSA) is 44.3 Å². The highest BCUT2D eigenvalue weighted by atomic mass is 15.3. The maximum Gasteiger partial charge on any atom is 0.147 e. The van der Waals surface area contributed by atoms with Crippen LogP contribution < -0.4 is 10.2 Å². The van der Waals surface area contributed by atoms with Gasteiger partial charge in [0.1, 0.15) is 5.82 Å². The molecule has 1 N–H and O–H groups in total. The molecule has 2 rings (SSSR count). The number of nitrogens with zero attached hydrogens (tertiary/aromatic N) is 4. The standard InChI is InChI=1S/C15H27N5/c1-12(2)17-9-13-8-16-10-14(18-13)20-7-6-19(5)15(3,4)11-20/h8,10,12,17H,6-7,9,11H2,1-5H3. The average Bonchev–Trinajstić information content (AvgIpc) is 2.40. The summed E-state index contributed by atoms with van der Waals surface area (Å²) in [5.74, 6) is 0.995. The zero-order valence-electron chi connectivity index (χ0n) is 13.3. The number of aromatic nitrogens is 2. The van der Waals surface area contributed by atoms with E-state index >= 15 is 0 Å². The molecule has 112 valence electrons. The van der Waals surface area contributed by atoms with E-state index in [0.717, 1.165) is 37.7 Å². The van der Waals surface area contributed by atoms with Crippen LogP contribution in [0.15, 0.2) is 12.4 Å². The van der Waals surface area contributed by atoms with Gasteiger partial charge < -0.3 is 10.2 Å². The van der Waals surface area contributed by atoms with Crippen molar-refractivity contribution >= 4 is 5.82 Å². The Morgan fingerprint density at radius 2 is 2.05 bits per heavy atom. The lowest BCUT2D eigenvalue weighted by molar-refractivity contribution is 0.138. The number of piperazine rings is 1. The van der Waals surface area contributed by atoms with Gasteiger partial charge in [-0.2, -0.15) is 0 Å². The summed E-state index contributed by atoms with van der Waals surface area (Å²) in [6.07, 6.45) is 3.72. The van der Waals surface area contributed by atoms with Gasteiger partial charge in [-0.05, 0) is 20.9 Å². The lowest BCUT2D eigenvalue weighted by Crippen LogP contribution is -2.57. The SMILES string of the molecule is CC(C)NCc1cncc(N2CCN(C)C(C)(C)C2)n1. The molecule has 1 aliphatic heterocycles. The van der Waals surface area contributed by atoms with Crippen LogP contribution in [0.3, 0.4) is 0 Å². The minimum Gasteiger partial charge on any atom is -0.352 e. The second-order valence-corrected chi connectivity index (χ2v) is 6.56. The summed E-state index contributed by atoms with van der Waals surface area (Å²) in [4.78, 5) is 13.8. The highest BCUT2D eigenvalue weighted by Crippen LogP contribution is 2.22. The fraction of sp³-hybridized carbons (Fsp3) is 0.733. The Bertz CT molecular complexity index is 444. The zero-order valence-corrected chi connectivity index (χ0v) is 13.3. The summed E-state index contributed by atoms with van der Waals surface area (Å²) in [7, 11) is 2.19. The van der Waals surface area contributed by atoms with Crippen LogP contribution >= 0.6 is 0 Å². The molecule has 2 heterocycles. The Balaban J connectivity index is 2.07. The third-order valence-electron chi connectivity index (χ3n) is 4.00. The summed E-state index contributed by atoms with van der Waals surface area (Å²) in [6, 6.07) is 0.461. The van der Waals surface area contributed by atoms with Crippen molar-refractivity contribution in [3.63, 3.8) is 0 Å². The molecule has 5 heteroatoms. The van der Waals surface area contributed by atoms with Crippen molar-refractivity contribution in [1.82, 2.24) is 20.2 Å². The zero-order chi connectivity index (χ0) is 14.8.